The highest BCUT2D eigenvalue weighted by Crippen LogP contribution is 2.43. The fraction of sp³-hybridized carbons (Fsp3) is 0.727. The van der Waals surface area contributed by atoms with E-state index in [1.165, 1.54) is 44.9 Å². The van der Waals surface area contributed by atoms with Crippen LogP contribution in [0.15, 0.2) is 60.8 Å². The van der Waals surface area contributed by atoms with E-state index >= 15 is 0 Å². The maximum atomic E-state index is 12.6. The van der Waals surface area contributed by atoms with Crippen LogP contribution in [0.2, 0.25) is 0 Å². The minimum Gasteiger partial charge on any atom is -0.462 e. The van der Waals surface area contributed by atoms with Gasteiger partial charge in [0.2, 0.25) is 0 Å². The Kier molecular flexibility index (Phi) is 37.4. The van der Waals surface area contributed by atoms with E-state index < -0.39 is 70.6 Å². The molecule has 5 atom stereocenters. The Morgan fingerprint density at radius 3 is 1.70 bits per heavy atom. The molecule has 0 saturated carbocycles. The van der Waals surface area contributed by atoms with E-state index in [4.69, 9.17) is 19.1 Å². The second-order valence-corrected chi connectivity index (χ2v) is 15.9. The Balaban J connectivity index is 4.55. The lowest BCUT2D eigenvalue weighted by Crippen LogP contribution is -2.30. The molecule has 5 N–H and O–H groups in total. The number of allylic oxidation sites excluding steroid dienone is 8. The van der Waals surface area contributed by atoms with Gasteiger partial charge >= 0.3 is 19.8 Å². The summed E-state index contributed by atoms with van der Waals surface area (Å²) in [7, 11) is -4.67. The van der Waals surface area contributed by atoms with Gasteiger partial charge in [-0.1, -0.05) is 145 Å². The number of unbranched alkanes of at least 4 members (excludes halogenated alkanes) is 13. The Bertz CT molecular complexity index is 1170. The molecule has 0 fully saturated rings. The van der Waals surface area contributed by atoms with Gasteiger partial charge in [0.15, 0.2) is 6.10 Å². The van der Waals surface area contributed by atoms with Crippen molar-refractivity contribution in [2.75, 3.05) is 26.4 Å². The fourth-order valence-electron chi connectivity index (χ4n) is 5.44. The molecule has 1 unspecified atom stereocenters. The van der Waals surface area contributed by atoms with Gasteiger partial charge in [-0.25, -0.2) is 4.57 Å². The van der Waals surface area contributed by atoms with Crippen LogP contribution < -0.4 is 0 Å². The van der Waals surface area contributed by atoms with E-state index in [2.05, 4.69) is 30.5 Å². The highest BCUT2D eigenvalue weighted by Gasteiger charge is 2.27. The molecule has 0 spiro atoms. The monoisotopic (exact) mass is 829 g/mol. The first-order valence-corrected chi connectivity index (χ1v) is 23.0. The van der Waals surface area contributed by atoms with Gasteiger partial charge in [-0.2, -0.15) is 0 Å². The van der Waals surface area contributed by atoms with Gasteiger partial charge < -0.3 is 34.8 Å². The lowest BCUT2D eigenvalue weighted by molar-refractivity contribution is -0.161. The maximum absolute atomic E-state index is 12.6. The average molecular weight is 829 g/mol. The molecule has 0 aromatic rings. The Morgan fingerprint density at radius 2 is 1.11 bits per heavy atom. The number of aliphatic hydroxyl groups is 4. The predicted octanol–water partition coefficient (Wildman–Crippen LogP) is 9.05. The molecule has 0 bridgehead atoms. The van der Waals surface area contributed by atoms with Crippen LogP contribution >= 0.6 is 7.82 Å². The third-order valence-electron chi connectivity index (χ3n) is 8.85. The number of rotatable bonds is 39. The number of esters is 2. The SMILES string of the molecule is CCCCCC/C=C\CCCCCCCCCC(=O)O[C@H](COC(=O)CCC[C@@H](O)/C=C/C=C\C/C=C\C=C\[C@@H](O)CCCCC)COP(=O)(O)OC[C@@H](O)CO. The van der Waals surface area contributed by atoms with Gasteiger partial charge in [0, 0.05) is 12.8 Å². The molecule has 0 aliphatic heterocycles. The van der Waals surface area contributed by atoms with Crippen molar-refractivity contribution in [3.05, 3.63) is 60.8 Å². The van der Waals surface area contributed by atoms with Crippen LogP contribution in [0.5, 0.6) is 0 Å². The molecule has 13 heteroatoms. The van der Waals surface area contributed by atoms with E-state index in [0.29, 0.717) is 25.7 Å². The number of ether oxygens (including phenoxy) is 2. The first-order valence-electron chi connectivity index (χ1n) is 21.5. The number of phosphoric acid groups is 1. The summed E-state index contributed by atoms with van der Waals surface area (Å²) in [6, 6.07) is 0. The van der Waals surface area contributed by atoms with Crippen LogP contribution in [0.4, 0.5) is 0 Å². The zero-order valence-corrected chi connectivity index (χ0v) is 35.9. The normalized spacial score (nSPS) is 15.6. The predicted molar refractivity (Wildman–Crippen MR) is 226 cm³/mol. The van der Waals surface area contributed by atoms with E-state index in [-0.39, 0.29) is 12.8 Å². The van der Waals surface area contributed by atoms with Crippen LogP contribution in [0.1, 0.15) is 155 Å². The Hall–Kier alpha value is -2.41. The van der Waals surface area contributed by atoms with E-state index in [9.17, 15) is 34.4 Å². The molecule has 0 aromatic carbocycles. The summed E-state index contributed by atoms with van der Waals surface area (Å²) in [5, 5.41) is 38.4. The molecular formula is C44H77O12P. The molecule has 57 heavy (non-hydrogen) atoms. The highest BCUT2D eigenvalue weighted by atomic mass is 31.2. The van der Waals surface area contributed by atoms with Gasteiger partial charge in [-0.3, -0.25) is 18.6 Å². The number of hydrogen-bond acceptors (Lipinski definition) is 11. The molecule has 0 heterocycles. The average Bonchev–Trinajstić information content (AvgIpc) is 3.18. The standard InChI is InChI=1S/C44H77O12P/c1-3-5-7-8-9-10-11-12-13-14-15-16-20-23-27-33-44(50)56-42(38-55-57(51,52)54-36-41(48)35-45)37-53-43(49)34-28-32-40(47)31-26-22-19-17-18-21-25-30-39(46)29-24-6-4-2/h10-11,18-19,21-22,25-26,30-31,39-42,45-48H,3-9,12-17,20,23-24,27-29,32-38H2,1-2H3,(H,51,52)/b11-10-,21-18-,22-19-,30-25+,31-26+/t39-,40-,41-,42+/m0/s1. The van der Waals surface area contributed by atoms with Crippen molar-refractivity contribution in [2.24, 2.45) is 0 Å². The number of carbonyl (C=O) groups excluding carboxylic acids is 2. The first kappa shape index (κ1) is 54.6. The van der Waals surface area contributed by atoms with Gasteiger partial charge in [-0.05, 0) is 57.8 Å². The number of phosphoric ester groups is 1. The van der Waals surface area contributed by atoms with Gasteiger partial charge in [0.25, 0.3) is 0 Å². The topological polar surface area (TPSA) is 189 Å². The molecule has 0 rings (SSSR count). The van der Waals surface area contributed by atoms with Crippen molar-refractivity contribution in [3.63, 3.8) is 0 Å². The third kappa shape index (κ3) is 38.9. The van der Waals surface area contributed by atoms with Crippen LogP contribution in [0.3, 0.4) is 0 Å². The van der Waals surface area contributed by atoms with E-state index in [1.807, 2.05) is 30.4 Å². The first-order chi connectivity index (χ1) is 27.5. The third-order valence-corrected chi connectivity index (χ3v) is 9.80. The van der Waals surface area contributed by atoms with Crippen LogP contribution in [0, 0.1) is 0 Å². The maximum Gasteiger partial charge on any atom is 0.472 e. The van der Waals surface area contributed by atoms with Crippen molar-refractivity contribution < 1.29 is 58.0 Å². The summed E-state index contributed by atoms with van der Waals surface area (Å²) in [5.41, 5.74) is 0. The van der Waals surface area contributed by atoms with Gasteiger partial charge in [0.1, 0.15) is 12.7 Å². The minimum absolute atomic E-state index is 0.00957. The molecule has 0 aromatic heterocycles. The van der Waals surface area contributed by atoms with Crippen LogP contribution in [-0.4, -0.2) is 88.1 Å². The zero-order valence-electron chi connectivity index (χ0n) is 35.0. The van der Waals surface area contributed by atoms with Gasteiger partial charge in [-0.15, -0.1) is 0 Å². The van der Waals surface area contributed by atoms with Crippen molar-refractivity contribution in [1.82, 2.24) is 0 Å². The molecule has 0 amide bonds. The largest absolute Gasteiger partial charge is 0.472 e. The molecule has 330 valence electrons. The second kappa shape index (κ2) is 39.1. The highest BCUT2D eigenvalue weighted by molar-refractivity contribution is 7.47. The minimum atomic E-state index is -4.67. The summed E-state index contributed by atoms with van der Waals surface area (Å²) in [6.07, 6.45) is 35.4. The molecular weight excluding hydrogens is 751 g/mol. The number of aliphatic hydroxyl groups excluding tert-OH is 4. The van der Waals surface area contributed by atoms with E-state index in [1.54, 1.807) is 18.2 Å². The Morgan fingerprint density at radius 1 is 0.596 bits per heavy atom. The lowest BCUT2D eigenvalue weighted by atomic mass is 10.1. The number of hydrogen-bond donors (Lipinski definition) is 5. The fourth-order valence-corrected chi connectivity index (χ4v) is 6.23. The molecule has 0 aliphatic rings. The zero-order chi connectivity index (χ0) is 42.2. The lowest BCUT2D eigenvalue weighted by Gasteiger charge is -2.20. The molecule has 0 saturated heterocycles. The molecule has 0 radical (unpaired) electrons. The molecule has 0 aliphatic carbocycles. The summed E-state index contributed by atoms with van der Waals surface area (Å²) in [4.78, 5) is 35.0. The number of carbonyl (C=O) groups is 2. The summed E-state index contributed by atoms with van der Waals surface area (Å²) < 4.78 is 32.5. The smallest absolute Gasteiger partial charge is 0.462 e. The Labute approximate surface area is 343 Å². The van der Waals surface area contributed by atoms with Crippen molar-refractivity contribution in [1.29, 1.82) is 0 Å². The summed E-state index contributed by atoms with van der Waals surface area (Å²) >= 11 is 0. The molecule has 12 nitrogen and oxygen atoms in total. The van der Waals surface area contributed by atoms with Crippen molar-refractivity contribution in [2.45, 2.75) is 180 Å². The van der Waals surface area contributed by atoms with Crippen molar-refractivity contribution in [3.8, 4) is 0 Å². The van der Waals surface area contributed by atoms with Crippen molar-refractivity contribution >= 4 is 19.8 Å². The van der Waals surface area contributed by atoms with Crippen LogP contribution in [0.25, 0.3) is 0 Å². The second-order valence-electron chi connectivity index (χ2n) is 14.4. The van der Waals surface area contributed by atoms with Gasteiger partial charge in [0.05, 0.1) is 32.0 Å². The summed E-state index contributed by atoms with van der Waals surface area (Å²) in [5.74, 6) is -1.16. The quantitative estimate of drug-likeness (QED) is 0.0130. The van der Waals surface area contributed by atoms with Crippen LogP contribution in [-0.2, 0) is 32.7 Å². The summed E-state index contributed by atoms with van der Waals surface area (Å²) in [6.45, 7) is 1.99. The van der Waals surface area contributed by atoms with E-state index in [0.717, 1.165) is 57.8 Å².